The molecular formula is C14H18F2N2O2. The quantitative estimate of drug-likeness (QED) is 0.919. The van der Waals surface area contributed by atoms with E-state index in [0.717, 1.165) is 4.90 Å². The molecule has 0 atom stereocenters. The van der Waals surface area contributed by atoms with E-state index in [1.54, 1.807) is 6.92 Å². The van der Waals surface area contributed by atoms with Crippen LogP contribution in [-0.2, 0) is 11.3 Å². The second kappa shape index (κ2) is 4.68. The van der Waals surface area contributed by atoms with Crippen LogP contribution < -0.4 is 4.90 Å². The zero-order chi connectivity index (χ0) is 15.1. The molecule has 1 aromatic rings. The van der Waals surface area contributed by atoms with Gasteiger partial charge in [-0.15, -0.1) is 0 Å². The lowest BCUT2D eigenvalue weighted by Crippen LogP contribution is -2.32. The predicted octanol–water partition coefficient (Wildman–Crippen LogP) is 3.75. The van der Waals surface area contributed by atoms with Crippen LogP contribution in [0.15, 0.2) is 12.3 Å². The van der Waals surface area contributed by atoms with Crippen molar-refractivity contribution in [3.8, 4) is 0 Å². The molecule has 2 rings (SSSR count). The number of pyridine rings is 1. The van der Waals surface area contributed by atoms with Gasteiger partial charge in [0.15, 0.2) is 0 Å². The lowest BCUT2D eigenvalue weighted by atomic mass is 9.91. The molecule has 1 N–H and O–H groups in total. The summed E-state index contributed by atoms with van der Waals surface area (Å²) in [5.74, 6) is -2.98. The van der Waals surface area contributed by atoms with Gasteiger partial charge in [-0.3, -0.25) is 9.88 Å². The van der Waals surface area contributed by atoms with Gasteiger partial charge < -0.3 is 5.11 Å². The van der Waals surface area contributed by atoms with Gasteiger partial charge in [-0.1, -0.05) is 27.2 Å². The van der Waals surface area contributed by atoms with E-state index in [0.29, 0.717) is 12.1 Å². The lowest BCUT2D eigenvalue weighted by molar-refractivity contribution is -0.0143. The molecule has 0 bridgehead atoms. The second-order valence-corrected chi connectivity index (χ2v) is 5.80. The van der Waals surface area contributed by atoms with Crippen molar-refractivity contribution in [2.24, 2.45) is 0 Å². The summed E-state index contributed by atoms with van der Waals surface area (Å²) in [5, 5.41) is 9.20. The predicted molar refractivity (Wildman–Crippen MR) is 71.4 cm³/mol. The molecule has 0 saturated heterocycles. The number of hydrogen-bond acceptors (Lipinski definition) is 2. The number of alkyl halides is 2. The highest BCUT2D eigenvalue weighted by Gasteiger charge is 2.41. The number of fused-ring (bicyclic) bond motifs is 1. The fraction of sp³-hybridized carbons (Fsp3) is 0.571. The number of rotatable bonds is 3. The molecule has 1 amide bonds. The van der Waals surface area contributed by atoms with Crippen LogP contribution >= 0.6 is 0 Å². The Balaban J connectivity index is 2.50. The summed E-state index contributed by atoms with van der Waals surface area (Å²) in [4.78, 5) is 16.4. The maximum absolute atomic E-state index is 13.9. The van der Waals surface area contributed by atoms with Crippen LogP contribution in [0.25, 0.3) is 0 Å². The van der Waals surface area contributed by atoms with E-state index < -0.39 is 17.4 Å². The first-order chi connectivity index (χ1) is 9.19. The van der Waals surface area contributed by atoms with E-state index in [2.05, 4.69) is 4.98 Å². The summed E-state index contributed by atoms with van der Waals surface area (Å²) in [6.07, 6.45) is 0.0959. The Hall–Kier alpha value is -1.72. The molecule has 0 spiro atoms. The summed E-state index contributed by atoms with van der Waals surface area (Å²) in [6.45, 7) is 5.62. The van der Waals surface area contributed by atoms with Crippen LogP contribution in [0, 0.1) is 0 Å². The lowest BCUT2D eigenvalue weighted by Gasteiger charge is -2.18. The Morgan fingerprint density at radius 1 is 1.55 bits per heavy atom. The van der Waals surface area contributed by atoms with Crippen LogP contribution in [0.4, 0.5) is 19.3 Å². The van der Waals surface area contributed by atoms with Crippen molar-refractivity contribution in [3.05, 3.63) is 23.5 Å². The molecule has 20 heavy (non-hydrogen) atoms. The molecule has 0 unspecified atom stereocenters. The van der Waals surface area contributed by atoms with Gasteiger partial charge >= 0.3 is 6.09 Å². The Morgan fingerprint density at radius 2 is 2.20 bits per heavy atom. The van der Waals surface area contributed by atoms with Gasteiger partial charge in [0.2, 0.25) is 0 Å². The third kappa shape index (κ3) is 2.34. The van der Waals surface area contributed by atoms with Crippen molar-refractivity contribution in [1.82, 2.24) is 4.98 Å². The summed E-state index contributed by atoms with van der Waals surface area (Å²) < 4.78 is 27.9. The zero-order valence-electron chi connectivity index (χ0n) is 11.8. The van der Waals surface area contributed by atoms with Gasteiger partial charge in [-0.25, -0.2) is 13.6 Å². The maximum Gasteiger partial charge on any atom is 0.411 e. The average Bonchev–Trinajstić information content (AvgIpc) is 2.61. The smallest absolute Gasteiger partial charge is 0.411 e. The van der Waals surface area contributed by atoms with Crippen molar-refractivity contribution in [3.63, 3.8) is 0 Å². The molecule has 0 saturated carbocycles. The zero-order valence-corrected chi connectivity index (χ0v) is 11.8. The molecule has 2 heterocycles. The number of aromatic nitrogens is 1. The topological polar surface area (TPSA) is 53.4 Å². The average molecular weight is 284 g/mol. The fourth-order valence-electron chi connectivity index (χ4n) is 2.56. The normalized spacial score (nSPS) is 17.1. The molecule has 1 aromatic heterocycles. The van der Waals surface area contributed by atoms with Gasteiger partial charge in [-0.2, -0.15) is 0 Å². The SMILES string of the molecule is CCCC(F)(F)c1cnc2c(c1)N(C(=O)O)CC2(C)C. The number of carboxylic acid groups (broad SMARTS) is 1. The largest absolute Gasteiger partial charge is 0.465 e. The summed E-state index contributed by atoms with van der Waals surface area (Å²) in [5.41, 5.74) is 0.139. The second-order valence-electron chi connectivity index (χ2n) is 5.80. The highest BCUT2D eigenvalue weighted by atomic mass is 19.3. The standard InChI is InChI=1S/C14H18F2N2O2/c1-4-5-14(15,16)9-6-10-11(17-7-9)13(2,3)8-18(10)12(19)20/h6-7H,4-5,8H2,1-3H3,(H,19,20). The number of amides is 1. The molecule has 0 aliphatic carbocycles. The number of nitrogens with zero attached hydrogens (tertiary/aromatic N) is 2. The number of anilines is 1. The van der Waals surface area contributed by atoms with Crippen molar-refractivity contribution in [1.29, 1.82) is 0 Å². The molecule has 0 fully saturated rings. The van der Waals surface area contributed by atoms with Crippen LogP contribution in [0.1, 0.15) is 44.9 Å². The highest BCUT2D eigenvalue weighted by molar-refractivity contribution is 5.89. The summed E-state index contributed by atoms with van der Waals surface area (Å²) >= 11 is 0. The van der Waals surface area contributed by atoms with E-state index in [9.17, 15) is 18.7 Å². The number of hydrogen-bond donors (Lipinski definition) is 1. The van der Waals surface area contributed by atoms with Gasteiger partial charge in [0, 0.05) is 30.1 Å². The van der Waals surface area contributed by atoms with Crippen LogP contribution in [0.5, 0.6) is 0 Å². The van der Waals surface area contributed by atoms with E-state index in [1.165, 1.54) is 12.3 Å². The molecule has 4 nitrogen and oxygen atoms in total. The van der Waals surface area contributed by atoms with Crippen molar-refractivity contribution < 1.29 is 18.7 Å². The third-order valence-electron chi connectivity index (χ3n) is 3.57. The van der Waals surface area contributed by atoms with Gasteiger partial charge in [-0.05, 0) is 6.07 Å². The van der Waals surface area contributed by atoms with E-state index in [4.69, 9.17) is 0 Å². The Morgan fingerprint density at radius 3 is 2.75 bits per heavy atom. The minimum absolute atomic E-state index is 0.220. The van der Waals surface area contributed by atoms with Gasteiger partial charge in [0.1, 0.15) is 0 Å². The number of halogens is 2. The Labute approximate surface area is 116 Å². The maximum atomic E-state index is 13.9. The molecule has 6 heteroatoms. The monoisotopic (exact) mass is 284 g/mol. The summed E-state index contributed by atoms with van der Waals surface area (Å²) in [6, 6.07) is 1.26. The van der Waals surface area contributed by atoms with E-state index in [1.807, 2.05) is 13.8 Å². The van der Waals surface area contributed by atoms with Crippen molar-refractivity contribution in [2.75, 3.05) is 11.4 Å². The first kappa shape index (κ1) is 14.7. The third-order valence-corrected chi connectivity index (χ3v) is 3.57. The summed E-state index contributed by atoms with van der Waals surface area (Å²) in [7, 11) is 0. The van der Waals surface area contributed by atoms with Crippen LogP contribution in [0.2, 0.25) is 0 Å². The molecule has 1 aliphatic heterocycles. The first-order valence-corrected chi connectivity index (χ1v) is 6.58. The van der Waals surface area contributed by atoms with Crippen LogP contribution in [-0.4, -0.2) is 22.7 Å². The van der Waals surface area contributed by atoms with E-state index in [-0.39, 0.29) is 24.2 Å². The Kier molecular flexibility index (Phi) is 3.44. The molecular weight excluding hydrogens is 266 g/mol. The minimum Gasteiger partial charge on any atom is -0.465 e. The molecule has 0 aromatic carbocycles. The molecule has 0 radical (unpaired) electrons. The van der Waals surface area contributed by atoms with E-state index >= 15 is 0 Å². The minimum atomic E-state index is -2.98. The molecule has 1 aliphatic rings. The highest BCUT2D eigenvalue weighted by Crippen LogP contribution is 2.42. The van der Waals surface area contributed by atoms with Gasteiger partial charge in [0.25, 0.3) is 5.92 Å². The fourth-order valence-corrected chi connectivity index (χ4v) is 2.56. The van der Waals surface area contributed by atoms with Crippen LogP contribution in [0.3, 0.4) is 0 Å². The number of carbonyl (C=O) groups is 1. The van der Waals surface area contributed by atoms with Crippen molar-refractivity contribution >= 4 is 11.8 Å². The van der Waals surface area contributed by atoms with Gasteiger partial charge in [0.05, 0.1) is 11.4 Å². The van der Waals surface area contributed by atoms with Crippen molar-refractivity contribution in [2.45, 2.75) is 45.0 Å². The Bertz CT molecular complexity index is 544. The molecule has 110 valence electrons. The first-order valence-electron chi connectivity index (χ1n) is 6.58.